The van der Waals surface area contributed by atoms with Crippen LogP contribution in [-0.2, 0) is 9.53 Å². The van der Waals surface area contributed by atoms with E-state index in [0.29, 0.717) is 29.9 Å². The molecule has 0 saturated heterocycles. The number of H-pyrrole nitrogens is 1. The third-order valence-corrected chi connectivity index (χ3v) is 4.87. The van der Waals surface area contributed by atoms with Gasteiger partial charge in [-0.05, 0) is 57.5 Å². The van der Waals surface area contributed by atoms with Crippen molar-refractivity contribution in [2.75, 3.05) is 6.61 Å². The van der Waals surface area contributed by atoms with Crippen LogP contribution in [0.25, 0.3) is 10.9 Å². The molecule has 0 aliphatic rings. The third-order valence-electron chi connectivity index (χ3n) is 4.87. The standard InChI is InChI=1S/C24H25NO5/c1-15-23(20-7-4-5-8-21(20)25-15)24(28)17(3)30-22(27)9-6-14-29-19-12-10-18(11-13-19)16(2)26/h4-5,7-8,10-13,17,25H,6,9,14H2,1-3H3. The van der Waals surface area contributed by atoms with Gasteiger partial charge in [-0.1, -0.05) is 18.2 Å². The van der Waals surface area contributed by atoms with Crippen LogP contribution >= 0.6 is 0 Å². The van der Waals surface area contributed by atoms with Gasteiger partial charge in [-0.3, -0.25) is 14.4 Å². The van der Waals surface area contributed by atoms with Crippen molar-refractivity contribution in [2.24, 2.45) is 0 Å². The second kappa shape index (κ2) is 9.39. The predicted octanol–water partition coefficient (Wildman–Crippen LogP) is 4.65. The maximum absolute atomic E-state index is 12.8. The first-order valence-corrected chi connectivity index (χ1v) is 9.91. The number of Topliss-reactive ketones (excluding diaryl/α,β-unsaturated/α-hetero) is 2. The normalized spacial score (nSPS) is 11.8. The van der Waals surface area contributed by atoms with Crippen LogP contribution in [0, 0.1) is 6.92 Å². The number of ether oxygens (including phenoxy) is 2. The van der Waals surface area contributed by atoms with E-state index in [9.17, 15) is 14.4 Å². The number of esters is 1. The molecule has 1 N–H and O–H groups in total. The van der Waals surface area contributed by atoms with Gasteiger partial charge in [0.15, 0.2) is 11.9 Å². The maximum Gasteiger partial charge on any atom is 0.306 e. The summed E-state index contributed by atoms with van der Waals surface area (Å²) in [7, 11) is 0. The molecule has 1 heterocycles. The Morgan fingerprint density at radius 2 is 1.73 bits per heavy atom. The summed E-state index contributed by atoms with van der Waals surface area (Å²) >= 11 is 0. The first kappa shape index (κ1) is 21.3. The summed E-state index contributed by atoms with van der Waals surface area (Å²) in [5.74, 6) is -0.0356. The molecule has 0 spiro atoms. The van der Waals surface area contributed by atoms with E-state index >= 15 is 0 Å². The highest BCUT2D eigenvalue weighted by molar-refractivity contribution is 6.11. The molecular formula is C24H25NO5. The number of hydrogen-bond donors (Lipinski definition) is 1. The molecule has 3 rings (SSSR count). The minimum absolute atomic E-state index is 0.00390. The SMILES string of the molecule is CC(=O)c1ccc(OCCCC(=O)OC(C)C(=O)c2c(C)[nH]c3ccccc23)cc1. The summed E-state index contributed by atoms with van der Waals surface area (Å²) < 4.78 is 10.9. The average Bonchev–Trinajstić information content (AvgIpc) is 3.06. The number of rotatable bonds is 9. The fourth-order valence-electron chi connectivity index (χ4n) is 3.30. The van der Waals surface area contributed by atoms with E-state index in [1.165, 1.54) is 6.92 Å². The molecule has 0 saturated carbocycles. The largest absolute Gasteiger partial charge is 0.494 e. The molecule has 3 aromatic rings. The Morgan fingerprint density at radius 3 is 2.43 bits per heavy atom. The van der Waals surface area contributed by atoms with Crippen LogP contribution in [0.5, 0.6) is 5.75 Å². The quantitative estimate of drug-likeness (QED) is 0.317. The Labute approximate surface area is 175 Å². The van der Waals surface area contributed by atoms with Crippen LogP contribution in [0.15, 0.2) is 48.5 Å². The van der Waals surface area contributed by atoms with Crippen molar-refractivity contribution in [1.29, 1.82) is 0 Å². The summed E-state index contributed by atoms with van der Waals surface area (Å²) in [6, 6.07) is 14.4. The van der Waals surface area contributed by atoms with Gasteiger partial charge < -0.3 is 14.5 Å². The van der Waals surface area contributed by atoms with Gasteiger partial charge in [-0.2, -0.15) is 0 Å². The summed E-state index contributed by atoms with van der Waals surface area (Å²) in [6.45, 7) is 5.27. The molecule has 156 valence electrons. The van der Waals surface area contributed by atoms with Crippen LogP contribution in [0.3, 0.4) is 0 Å². The lowest BCUT2D eigenvalue weighted by atomic mass is 10.0. The van der Waals surface area contributed by atoms with Crippen LogP contribution in [0.2, 0.25) is 0 Å². The Hall–Kier alpha value is -3.41. The van der Waals surface area contributed by atoms with Gasteiger partial charge in [0.25, 0.3) is 0 Å². The lowest BCUT2D eigenvalue weighted by Crippen LogP contribution is -2.25. The molecule has 6 heteroatoms. The molecule has 1 atom stereocenters. The number of nitrogens with one attached hydrogen (secondary N) is 1. The lowest BCUT2D eigenvalue weighted by Gasteiger charge is -2.13. The number of ketones is 2. The second-order valence-corrected chi connectivity index (χ2v) is 7.20. The first-order chi connectivity index (χ1) is 14.4. The van der Waals surface area contributed by atoms with E-state index in [2.05, 4.69) is 4.98 Å². The van der Waals surface area contributed by atoms with Crippen LogP contribution < -0.4 is 4.74 Å². The Kier molecular flexibility index (Phi) is 6.67. The molecule has 30 heavy (non-hydrogen) atoms. The Morgan fingerprint density at radius 1 is 1.03 bits per heavy atom. The van der Waals surface area contributed by atoms with E-state index in [1.54, 1.807) is 31.2 Å². The number of aromatic nitrogens is 1. The van der Waals surface area contributed by atoms with Gasteiger partial charge in [0.05, 0.1) is 6.61 Å². The molecule has 2 aromatic carbocycles. The number of carbonyl (C=O) groups excluding carboxylic acids is 3. The smallest absolute Gasteiger partial charge is 0.306 e. The number of fused-ring (bicyclic) bond motifs is 1. The van der Waals surface area contributed by atoms with Crippen LogP contribution in [0.1, 0.15) is 53.1 Å². The molecule has 0 bridgehead atoms. The fourth-order valence-corrected chi connectivity index (χ4v) is 3.30. The van der Waals surface area contributed by atoms with Gasteiger partial charge >= 0.3 is 5.97 Å². The molecule has 0 fully saturated rings. The molecule has 0 radical (unpaired) electrons. The molecular weight excluding hydrogens is 382 g/mol. The topological polar surface area (TPSA) is 85.5 Å². The minimum Gasteiger partial charge on any atom is -0.494 e. The van der Waals surface area contributed by atoms with Crippen molar-refractivity contribution >= 4 is 28.4 Å². The summed E-state index contributed by atoms with van der Waals surface area (Å²) in [5.41, 5.74) is 2.82. The maximum atomic E-state index is 12.8. The monoisotopic (exact) mass is 407 g/mol. The zero-order chi connectivity index (χ0) is 21.7. The average molecular weight is 407 g/mol. The van der Waals surface area contributed by atoms with Gasteiger partial charge in [0.2, 0.25) is 5.78 Å². The number of para-hydroxylation sites is 1. The van der Waals surface area contributed by atoms with Crippen molar-refractivity contribution < 1.29 is 23.9 Å². The van der Waals surface area contributed by atoms with Crippen molar-refractivity contribution in [2.45, 2.75) is 39.7 Å². The number of hydrogen-bond acceptors (Lipinski definition) is 5. The molecule has 1 unspecified atom stereocenters. The summed E-state index contributed by atoms with van der Waals surface area (Å²) in [6.07, 6.45) is -0.258. The van der Waals surface area contributed by atoms with E-state index < -0.39 is 12.1 Å². The molecule has 0 amide bonds. The van der Waals surface area contributed by atoms with Crippen molar-refractivity contribution in [3.63, 3.8) is 0 Å². The third kappa shape index (κ3) is 4.95. The lowest BCUT2D eigenvalue weighted by molar-refractivity contribution is -0.146. The number of benzene rings is 2. The van der Waals surface area contributed by atoms with Crippen LogP contribution in [-0.4, -0.2) is 35.2 Å². The number of carbonyl (C=O) groups is 3. The van der Waals surface area contributed by atoms with Gasteiger partial charge in [-0.25, -0.2) is 0 Å². The van der Waals surface area contributed by atoms with E-state index in [4.69, 9.17) is 9.47 Å². The highest BCUT2D eigenvalue weighted by Crippen LogP contribution is 2.24. The van der Waals surface area contributed by atoms with Crippen molar-refractivity contribution in [1.82, 2.24) is 4.98 Å². The minimum atomic E-state index is -0.865. The van der Waals surface area contributed by atoms with Gasteiger partial charge in [0, 0.05) is 34.1 Å². The van der Waals surface area contributed by atoms with Crippen LogP contribution in [0.4, 0.5) is 0 Å². The van der Waals surface area contributed by atoms with E-state index in [1.807, 2.05) is 31.2 Å². The summed E-state index contributed by atoms with van der Waals surface area (Å²) in [5, 5.41) is 0.826. The molecule has 1 aromatic heterocycles. The zero-order valence-corrected chi connectivity index (χ0v) is 17.4. The second-order valence-electron chi connectivity index (χ2n) is 7.20. The van der Waals surface area contributed by atoms with Crippen molar-refractivity contribution in [3.05, 3.63) is 65.4 Å². The summed E-state index contributed by atoms with van der Waals surface area (Å²) in [4.78, 5) is 39.4. The number of aryl methyl sites for hydroxylation is 1. The molecule has 0 aliphatic carbocycles. The molecule has 0 aliphatic heterocycles. The Balaban J connectivity index is 1.48. The van der Waals surface area contributed by atoms with Gasteiger partial charge in [0.1, 0.15) is 5.75 Å². The molecule has 6 nitrogen and oxygen atoms in total. The highest BCUT2D eigenvalue weighted by Gasteiger charge is 2.24. The van der Waals surface area contributed by atoms with E-state index in [0.717, 1.165) is 16.6 Å². The number of aromatic amines is 1. The first-order valence-electron chi connectivity index (χ1n) is 9.91. The Bertz CT molecular complexity index is 1060. The zero-order valence-electron chi connectivity index (χ0n) is 17.4. The van der Waals surface area contributed by atoms with Crippen molar-refractivity contribution in [3.8, 4) is 5.75 Å². The van der Waals surface area contributed by atoms with E-state index in [-0.39, 0.29) is 18.0 Å². The highest BCUT2D eigenvalue weighted by atomic mass is 16.5. The predicted molar refractivity (Wildman–Crippen MR) is 114 cm³/mol. The fraction of sp³-hybridized carbons (Fsp3) is 0.292. The van der Waals surface area contributed by atoms with Gasteiger partial charge in [-0.15, -0.1) is 0 Å².